The van der Waals surface area contributed by atoms with Gasteiger partial charge in [0.1, 0.15) is 6.73 Å². The van der Waals surface area contributed by atoms with Crippen molar-refractivity contribution in [3.63, 3.8) is 0 Å². The summed E-state index contributed by atoms with van der Waals surface area (Å²) in [5, 5.41) is 8.84. The van der Waals surface area contributed by atoms with Crippen molar-refractivity contribution in [3.05, 3.63) is 24.3 Å². The zero-order valence-corrected chi connectivity index (χ0v) is 8.14. The van der Waals surface area contributed by atoms with Gasteiger partial charge in [-0.25, -0.2) is 0 Å². The van der Waals surface area contributed by atoms with Crippen LogP contribution in [0.3, 0.4) is 0 Å². The molecule has 0 aliphatic heterocycles. The normalized spacial score (nSPS) is 9.92. The molecule has 66 valence electrons. The van der Waals surface area contributed by atoms with E-state index in [0.717, 1.165) is 5.69 Å². The van der Waals surface area contributed by atoms with E-state index in [9.17, 15) is 0 Å². The van der Waals surface area contributed by atoms with Gasteiger partial charge < -0.3 is 10.0 Å². The van der Waals surface area contributed by atoms with Gasteiger partial charge in [-0.1, -0.05) is 0 Å². The standard InChI is InChI=1S/C9H13NOS/c1-10(7-11)8-3-5-9(12-2)6-4-8/h3-6,11H,7H2,1-2H3. The Kier molecular flexibility index (Phi) is 3.44. The molecule has 1 aromatic rings. The molecule has 0 aromatic heterocycles. The predicted octanol–water partition coefficient (Wildman–Crippen LogP) is 1.79. The Labute approximate surface area is 77.2 Å². The number of benzene rings is 1. The molecule has 0 amide bonds. The van der Waals surface area contributed by atoms with Crippen molar-refractivity contribution in [1.29, 1.82) is 0 Å². The minimum atomic E-state index is 0.0542. The lowest BCUT2D eigenvalue weighted by atomic mass is 10.3. The molecule has 0 saturated heterocycles. The third-order valence-electron chi connectivity index (χ3n) is 1.73. The van der Waals surface area contributed by atoms with Crippen LogP contribution in [0.15, 0.2) is 29.2 Å². The fourth-order valence-electron chi connectivity index (χ4n) is 0.918. The number of nitrogens with zero attached hydrogens (tertiary/aromatic N) is 1. The van der Waals surface area contributed by atoms with Gasteiger partial charge >= 0.3 is 0 Å². The van der Waals surface area contributed by atoms with Gasteiger partial charge in [0.2, 0.25) is 0 Å². The average Bonchev–Trinajstić information content (AvgIpc) is 2.17. The van der Waals surface area contributed by atoms with E-state index < -0.39 is 0 Å². The first kappa shape index (κ1) is 9.42. The number of rotatable bonds is 3. The van der Waals surface area contributed by atoms with E-state index in [2.05, 4.69) is 0 Å². The molecule has 0 aliphatic carbocycles. The minimum absolute atomic E-state index is 0.0542. The van der Waals surface area contributed by atoms with Crippen LogP contribution in [-0.2, 0) is 0 Å². The summed E-state index contributed by atoms with van der Waals surface area (Å²) in [5.41, 5.74) is 1.04. The highest BCUT2D eigenvalue weighted by atomic mass is 32.2. The zero-order valence-electron chi connectivity index (χ0n) is 7.32. The van der Waals surface area contributed by atoms with Crippen LogP contribution in [0.2, 0.25) is 0 Å². The van der Waals surface area contributed by atoms with Crippen LogP contribution in [-0.4, -0.2) is 25.1 Å². The van der Waals surface area contributed by atoms with E-state index in [1.165, 1.54) is 4.90 Å². The molecule has 3 heteroatoms. The molecule has 12 heavy (non-hydrogen) atoms. The molecule has 1 aromatic carbocycles. The van der Waals surface area contributed by atoms with Gasteiger partial charge in [-0.05, 0) is 30.5 Å². The van der Waals surface area contributed by atoms with Crippen molar-refractivity contribution in [2.24, 2.45) is 0 Å². The van der Waals surface area contributed by atoms with E-state index in [0.29, 0.717) is 0 Å². The SMILES string of the molecule is CSc1ccc(N(C)CO)cc1. The number of hydrogen-bond acceptors (Lipinski definition) is 3. The van der Waals surface area contributed by atoms with E-state index in [4.69, 9.17) is 5.11 Å². The first-order valence-corrected chi connectivity index (χ1v) is 4.96. The summed E-state index contributed by atoms with van der Waals surface area (Å²) in [5.74, 6) is 0. The number of hydrogen-bond donors (Lipinski definition) is 1. The van der Waals surface area contributed by atoms with Crippen molar-refractivity contribution in [1.82, 2.24) is 0 Å². The second kappa shape index (κ2) is 4.38. The molecule has 0 fully saturated rings. The first-order chi connectivity index (χ1) is 5.77. The van der Waals surface area contributed by atoms with Crippen molar-refractivity contribution in [2.45, 2.75) is 4.90 Å². The molecule has 0 aliphatic rings. The van der Waals surface area contributed by atoms with Gasteiger partial charge in [0, 0.05) is 17.6 Å². The van der Waals surface area contributed by atoms with Crippen LogP contribution in [0.4, 0.5) is 5.69 Å². The molecule has 0 unspecified atom stereocenters. The smallest absolute Gasteiger partial charge is 0.115 e. The van der Waals surface area contributed by atoms with Gasteiger partial charge in [0.15, 0.2) is 0 Å². The number of aliphatic hydroxyl groups is 1. The van der Waals surface area contributed by atoms with Gasteiger partial charge in [0.05, 0.1) is 0 Å². The maximum atomic E-state index is 8.84. The second-order valence-electron chi connectivity index (χ2n) is 2.54. The van der Waals surface area contributed by atoms with E-state index >= 15 is 0 Å². The van der Waals surface area contributed by atoms with E-state index in [1.54, 1.807) is 16.7 Å². The molecule has 1 rings (SSSR count). The van der Waals surface area contributed by atoms with Crippen LogP contribution in [0.5, 0.6) is 0 Å². The molecule has 2 nitrogen and oxygen atoms in total. The Morgan fingerprint density at radius 3 is 2.33 bits per heavy atom. The van der Waals surface area contributed by atoms with Crippen molar-refractivity contribution in [2.75, 3.05) is 24.9 Å². The first-order valence-electron chi connectivity index (χ1n) is 3.74. The van der Waals surface area contributed by atoms with E-state index in [-0.39, 0.29) is 6.73 Å². The fourth-order valence-corrected chi connectivity index (χ4v) is 1.33. The maximum Gasteiger partial charge on any atom is 0.115 e. The summed E-state index contributed by atoms with van der Waals surface area (Å²) in [6.07, 6.45) is 2.05. The fraction of sp³-hybridized carbons (Fsp3) is 0.333. The highest BCUT2D eigenvalue weighted by Crippen LogP contribution is 2.19. The summed E-state index contributed by atoms with van der Waals surface area (Å²) in [7, 11) is 1.86. The molecular formula is C9H13NOS. The minimum Gasteiger partial charge on any atom is -0.376 e. The summed E-state index contributed by atoms with van der Waals surface area (Å²) in [4.78, 5) is 3.02. The maximum absolute atomic E-state index is 8.84. The van der Waals surface area contributed by atoms with Crippen LogP contribution in [0, 0.1) is 0 Å². The Hall–Kier alpha value is -0.670. The molecular weight excluding hydrogens is 170 g/mol. The quantitative estimate of drug-likeness (QED) is 0.571. The largest absolute Gasteiger partial charge is 0.376 e. The third kappa shape index (κ3) is 2.16. The van der Waals surface area contributed by atoms with E-state index in [1.807, 2.05) is 37.6 Å². The third-order valence-corrected chi connectivity index (χ3v) is 2.47. The topological polar surface area (TPSA) is 23.5 Å². The Morgan fingerprint density at radius 1 is 1.33 bits per heavy atom. The molecule has 0 radical (unpaired) electrons. The predicted molar refractivity (Wildman–Crippen MR) is 53.7 cm³/mol. The Balaban J connectivity index is 2.77. The lowest BCUT2D eigenvalue weighted by Gasteiger charge is -2.15. The van der Waals surface area contributed by atoms with Crippen LogP contribution >= 0.6 is 11.8 Å². The van der Waals surface area contributed by atoms with Gasteiger partial charge in [-0.15, -0.1) is 11.8 Å². The molecule has 0 bridgehead atoms. The average molecular weight is 183 g/mol. The van der Waals surface area contributed by atoms with Crippen LogP contribution in [0.25, 0.3) is 0 Å². The van der Waals surface area contributed by atoms with Gasteiger partial charge in [-0.3, -0.25) is 0 Å². The Morgan fingerprint density at radius 2 is 1.92 bits per heavy atom. The number of thioether (sulfide) groups is 1. The summed E-state index contributed by atoms with van der Waals surface area (Å²) < 4.78 is 0. The highest BCUT2D eigenvalue weighted by molar-refractivity contribution is 7.98. The molecule has 1 N–H and O–H groups in total. The molecule has 0 saturated carbocycles. The number of aliphatic hydroxyl groups excluding tert-OH is 1. The summed E-state index contributed by atoms with van der Waals surface area (Å²) in [6, 6.07) is 8.10. The van der Waals surface area contributed by atoms with Crippen LogP contribution in [0.1, 0.15) is 0 Å². The molecule has 0 atom stereocenters. The summed E-state index contributed by atoms with van der Waals surface area (Å²) >= 11 is 1.72. The molecule has 0 heterocycles. The number of anilines is 1. The summed E-state index contributed by atoms with van der Waals surface area (Å²) in [6.45, 7) is 0.0542. The zero-order chi connectivity index (χ0) is 8.97. The molecule has 0 spiro atoms. The monoisotopic (exact) mass is 183 g/mol. The second-order valence-corrected chi connectivity index (χ2v) is 3.42. The van der Waals surface area contributed by atoms with Gasteiger partial charge in [-0.2, -0.15) is 0 Å². The van der Waals surface area contributed by atoms with Crippen LogP contribution < -0.4 is 4.90 Å². The Bertz CT molecular complexity index is 235. The lowest BCUT2D eigenvalue weighted by Crippen LogP contribution is -2.17. The lowest BCUT2D eigenvalue weighted by molar-refractivity contribution is 0.298. The van der Waals surface area contributed by atoms with Crippen molar-refractivity contribution >= 4 is 17.4 Å². The van der Waals surface area contributed by atoms with Crippen molar-refractivity contribution < 1.29 is 5.11 Å². The van der Waals surface area contributed by atoms with Gasteiger partial charge in [0.25, 0.3) is 0 Å². The highest BCUT2D eigenvalue weighted by Gasteiger charge is 1.97. The van der Waals surface area contributed by atoms with Crippen molar-refractivity contribution in [3.8, 4) is 0 Å².